The second-order valence-corrected chi connectivity index (χ2v) is 4.10. The molecule has 1 unspecified atom stereocenters. The predicted octanol–water partition coefficient (Wildman–Crippen LogP) is 1.99. The van der Waals surface area contributed by atoms with Crippen LogP contribution in [0.15, 0.2) is 41.1 Å². The van der Waals surface area contributed by atoms with Gasteiger partial charge >= 0.3 is 5.97 Å². The molecule has 19 heavy (non-hydrogen) atoms. The molecule has 0 fully saturated rings. The van der Waals surface area contributed by atoms with Crippen LogP contribution in [0.25, 0.3) is 0 Å². The van der Waals surface area contributed by atoms with Crippen molar-refractivity contribution in [3.05, 3.63) is 53.7 Å². The monoisotopic (exact) mass is 260 g/mol. The van der Waals surface area contributed by atoms with Gasteiger partial charge in [0, 0.05) is 6.54 Å². The molecular formula is C14H16N2O3. The van der Waals surface area contributed by atoms with Crippen molar-refractivity contribution >= 4 is 5.97 Å². The molecule has 5 nitrogen and oxygen atoms in total. The Morgan fingerprint density at radius 1 is 1.42 bits per heavy atom. The molecule has 100 valence electrons. The Bertz CT molecular complexity index is 537. The fourth-order valence-electron chi connectivity index (χ4n) is 1.80. The van der Waals surface area contributed by atoms with Gasteiger partial charge in [0.05, 0.1) is 12.8 Å². The highest BCUT2D eigenvalue weighted by molar-refractivity contribution is 5.77. The number of hydrogen-bond donors (Lipinski definition) is 1. The smallest absolute Gasteiger partial charge is 0.327 e. The number of nitrogens with zero attached hydrogens (tertiary/aromatic N) is 1. The normalized spacial score (nSPS) is 12.1. The second kappa shape index (κ2) is 6.15. The molecule has 0 radical (unpaired) electrons. The minimum absolute atomic E-state index is 0.327. The Labute approximate surface area is 111 Å². The topological polar surface area (TPSA) is 64.4 Å². The molecule has 1 aromatic carbocycles. The second-order valence-electron chi connectivity index (χ2n) is 4.10. The molecule has 1 N–H and O–H groups in total. The van der Waals surface area contributed by atoms with Crippen LogP contribution in [0.4, 0.5) is 0 Å². The lowest BCUT2D eigenvalue weighted by molar-refractivity contribution is -0.143. The summed E-state index contributed by atoms with van der Waals surface area (Å²) in [6, 6.07) is 8.92. The summed E-state index contributed by atoms with van der Waals surface area (Å²) in [6.07, 6.45) is 1.39. The van der Waals surface area contributed by atoms with Crippen LogP contribution in [0.1, 0.15) is 23.1 Å². The van der Waals surface area contributed by atoms with Gasteiger partial charge in [0.2, 0.25) is 0 Å². The highest BCUT2D eigenvalue weighted by Crippen LogP contribution is 2.15. The Balaban J connectivity index is 2.11. The fraction of sp³-hybridized carbons (Fsp3) is 0.286. The number of methoxy groups -OCH3 is 1. The molecule has 0 saturated heterocycles. The van der Waals surface area contributed by atoms with Gasteiger partial charge in [-0.3, -0.25) is 5.32 Å². The zero-order valence-corrected chi connectivity index (χ0v) is 10.9. The summed E-state index contributed by atoms with van der Waals surface area (Å²) in [6.45, 7) is 2.27. The van der Waals surface area contributed by atoms with Gasteiger partial charge in [-0.25, -0.2) is 9.78 Å². The number of nitrogens with one attached hydrogen (secondary N) is 1. The standard InChI is InChI=1S/C14H16N2O3/c1-10-12(16-9-19-10)8-15-13(14(17)18-2)11-6-4-3-5-7-11/h3-7,9,13,15H,8H2,1-2H3. The summed E-state index contributed by atoms with van der Waals surface area (Å²) in [5.41, 5.74) is 1.64. The summed E-state index contributed by atoms with van der Waals surface area (Å²) < 4.78 is 9.94. The fourth-order valence-corrected chi connectivity index (χ4v) is 1.80. The van der Waals surface area contributed by atoms with E-state index in [1.165, 1.54) is 13.5 Å². The van der Waals surface area contributed by atoms with Crippen molar-refractivity contribution in [2.24, 2.45) is 0 Å². The molecule has 2 aromatic rings. The largest absolute Gasteiger partial charge is 0.468 e. The Morgan fingerprint density at radius 3 is 2.74 bits per heavy atom. The Kier molecular flexibility index (Phi) is 4.30. The Morgan fingerprint density at radius 2 is 2.16 bits per heavy atom. The van der Waals surface area contributed by atoms with Crippen LogP contribution in [-0.2, 0) is 16.1 Å². The molecule has 2 rings (SSSR count). The highest BCUT2D eigenvalue weighted by Gasteiger charge is 2.21. The maximum atomic E-state index is 11.8. The number of ether oxygens (including phenoxy) is 1. The molecule has 0 aliphatic heterocycles. The molecular weight excluding hydrogens is 244 g/mol. The van der Waals surface area contributed by atoms with Crippen LogP contribution in [-0.4, -0.2) is 18.1 Å². The zero-order valence-electron chi connectivity index (χ0n) is 10.9. The Hall–Kier alpha value is -2.14. The third-order valence-corrected chi connectivity index (χ3v) is 2.89. The number of benzene rings is 1. The lowest BCUT2D eigenvalue weighted by Gasteiger charge is -2.16. The van der Waals surface area contributed by atoms with Crippen LogP contribution < -0.4 is 5.32 Å². The molecule has 5 heteroatoms. The first-order valence-electron chi connectivity index (χ1n) is 5.97. The van der Waals surface area contributed by atoms with E-state index in [0.717, 1.165) is 17.0 Å². The van der Waals surface area contributed by atoms with Gasteiger partial charge in [0.25, 0.3) is 0 Å². The summed E-state index contributed by atoms with van der Waals surface area (Å²) >= 11 is 0. The van der Waals surface area contributed by atoms with E-state index < -0.39 is 6.04 Å². The van der Waals surface area contributed by atoms with Crippen LogP contribution >= 0.6 is 0 Å². The average molecular weight is 260 g/mol. The first kappa shape index (κ1) is 13.3. The lowest BCUT2D eigenvalue weighted by Crippen LogP contribution is -2.29. The van der Waals surface area contributed by atoms with Crippen LogP contribution in [0.3, 0.4) is 0 Å². The minimum atomic E-state index is -0.512. The van der Waals surface area contributed by atoms with Gasteiger partial charge in [0.1, 0.15) is 11.8 Å². The summed E-state index contributed by atoms with van der Waals surface area (Å²) in [5.74, 6) is 0.413. The van der Waals surface area contributed by atoms with E-state index in [4.69, 9.17) is 9.15 Å². The minimum Gasteiger partial charge on any atom is -0.468 e. The SMILES string of the molecule is COC(=O)C(NCc1ncoc1C)c1ccccc1. The molecule has 1 heterocycles. The molecule has 1 atom stereocenters. The molecule has 1 aromatic heterocycles. The molecule has 0 saturated carbocycles. The van der Waals surface area contributed by atoms with Gasteiger partial charge in [-0.05, 0) is 12.5 Å². The number of rotatable bonds is 5. The maximum Gasteiger partial charge on any atom is 0.327 e. The number of hydrogen-bond acceptors (Lipinski definition) is 5. The van der Waals surface area contributed by atoms with E-state index >= 15 is 0 Å². The molecule has 0 aliphatic rings. The molecule has 0 bridgehead atoms. The molecule has 0 spiro atoms. The van der Waals surface area contributed by atoms with Gasteiger partial charge in [-0.1, -0.05) is 30.3 Å². The van der Waals surface area contributed by atoms with Gasteiger partial charge in [-0.15, -0.1) is 0 Å². The number of esters is 1. The average Bonchev–Trinajstić information content (AvgIpc) is 2.85. The van der Waals surface area contributed by atoms with Crippen molar-refractivity contribution in [3.63, 3.8) is 0 Å². The van der Waals surface area contributed by atoms with Crippen molar-refractivity contribution in [2.45, 2.75) is 19.5 Å². The van der Waals surface area contributed by atoms with Crippen LogP contribution in [0.5, 0.6) is 0 Å². The van der Waals surface area contributed by atoms with Gasteiger partial charge in [-0.2, -0.15) is 0 Å². The van der Waals surface area contributed by atoms with Crippen molar-refractivity contribution < 1.29 is 13.9 Å². The summed E-state index contributed by atoms with van der Waals surface area (Å²) in [7, 11) is 1.38. The predicted molar refractivity (Wildman–Crippen MR) is 69.3 cm³/mol. The van der Waals surface area contributed by atoms with E-state index in [2.05, 4.69) is 10.3 Å². The van der Waals surface area contributed by atoms with Crippen molar-refractivity contribution in [3.8, 4) is 0 Å². The number of oxazole rings is 1. The third kappa shape index (κ3) is 3.20. The van der Waals surface area contributed by atoms with E-state index in [1.807, 2.05) is 37.3 Å². The van der Waals surface area contributed by atoms with E-state index in [0.29, 0.717) is 6.54 Å². The number of carbonyl (C=O) groups excluding carboxylic acids is 1. The maximum absolute atomic E-state index is 11.8. The first-order chi connectivity index (χ1) is 9.22. The molecule has 0 amide bonds. The highest BCUT2D eigenvalue weighted by atomic mass is 16.5. The van der Waals surface area contributed by atoms with Crippen LogP contribution in [0.2, 0.25) is 0 Å². The summed E-state index contributed by atoms with van der Waals surface area (Å²) in [4.78, 5) is 15.9. The number of aromatic nitrogens is 1. The number of carbonyl (C=O) groups is 1. The van der Waals surface area contributed by atoms with Crippen molar-refractivity contribution in [1.82, 2.24) is 10.3 Å². The van der Waals surface area contributed by atoms with Gasteiger partial charge < -0.3 is 9.15 Å². The molecule has 0 aliphatic carbocycles. The lowest BCUT2D eigenvalue weighted by atomic mass is 10.1. The van der Waals surface area contributed by atoms with E-state index in [-0.39, 0.29) is 5.97 Å². The summed E-state index contributed by atoms with van der Waals surface area (Å²) in [5, 5.41) is 3.13. The quantitative estimate of drug-likeness (QED) is 0.833. The van der Waals surface area contributed by atoms with Crippen molar-refractivity contribution in [1.29, 1.82) is 0 Å². The van der Waals surface area contributed by atoms with E-state index in [1.54, 1.807) is 0 Å². The first-order valence-corrected chi connectivity index (χ1v) is 5.97. The zero-order chi connectivity index (χ0) is 13.7. The van der Waals surface area contributed by atoms with Gasteiger partial charge in [0.15, 0.2) is 6.39 Å². The van der Waals surface area contributed by atoms with Crippen molar-refractivity contribution in [2.75, 3.05) is 7.11 Å². The van der Waals surface area contributed by atoms with E-state index in [9.17, 15) is 4.79 Å². The number of aryl methyl sites for hydroxylation is 1. The van der Waals surface area contributed by atoms with Crippen LogP contribution in [0, 0.1) is 6.92 Å². The third-order valence-electron chi connectivity index (χ3n) is 2.89.